The van der Waals surface area contributed by atoms with E-state index >= 15 is 0 Å². The van der Waals surface area contributed by atoms with E-state index in [9.17, 15) is 4.79 Å². The van der Waals surface area contributed by atoms with Gasteiger partial charge in [0.2, 0.25) is 0 Å². The second-order valence-electron chi connectivity index (χ2n) is 4.88. The third kappa shape index (κ3) is 2.34. The molecule has 1 heterocycles. The van der Waals surface area contributed by atoms with Crippen molar-refractivity contribution in [2.75, 3.05) is 6.61 Å². The zero-order valence-electron chi connectivity index (χ0n) is 10.4. The zero-order valence-corrected chi connectivity index (χ0v) is 10.4. The monoisotopic (exact) mass is 233 g/mol. The molecule has 0 aliphatic carbocycles. The van der Waals surface area contributed by atoms with Crippen LogP contribution >= 0.6 is 0 Å². The summed E-state index contributed by atoms with van der Waals surface area (Å²) in [6.45, 7) is 4.60. The molecule has 1 aliphatic heterocycles. The van der Waals surface area contributed by atoms with Crippen molar-refractivity contribution in [1.29, 1.82) is 0 Å². The van der Waals surface area contributed by atoms with E-state index in [1.165, 1.54) is 0 Å². The average Bonchev–Trinajstić information content (AvgIpc) is 2.36. The maximum absolute atomic E-state index is 12.3. The van der Waals surface area contributed by atoms with Crippen LogP contribution in [0.2, 0.25) is 0 Å². The molecule has 92 valence electrons. The van der Waals surface area contributed by atoms with Gasteiger partial charge in [-0.15, -0.1) is 0 Å². The minimum absolute atomic E-state index is 0.0150. The molecule has 2 rings (SSSR count). The van der Waals surface area contributed by atoms with Crippen molar-refractivity contribution in [3.05, 3.63) is 29.3 Å². The van der Waals surface area contributed by atoms with Gasteiger partial charge in [-0.1, -0.05) is 26.0 Å². The number of Topliss-reactive ketones (excluding diaryl/α,β-unsaturated/α-hetero) is 1. The average molecular weight is 233 g/mol. The molecule has 1 unspecified atom stereocenters. The predicted molar refractivity (Wildman–Crippen MR) is 67.4 cm³/mol. The highest BCUT2D eigenvalue weighted by Gasteiger charge is 2.24. The van der Waals surface area contributed by atoms with Crippen LogP contribution in [0, 0.1) is 5.92 Å². The zero-order chi connectivity index (χ0) is 12.4. The van der Waals surface area contributed by atoms with Crippen LogP contribution < -0.4 is 10.5 Å². The van der Waals surface area contributed by atoms with Gasteiger partial charge in [-0.05, 0) is 30.4 Å². The highest BCUT2D eigenvalue weighted by atomic mass is 16.5. The number of hydrogen-bond donors (Lipinski definition) is 1. The summed E-state index contributed by atoms with van der Waals surface area (Å²) in [7, 11) is 0. The number of benzene rings is 1. The lowest BCUT2D eigenvalue weighted by molar-refractivity contribution is 0.0935. The van der Waals surface area contributed by atoms with Crippen LogP contribution in [0.5, 0.6) is 5.75 Å². The Labute approximate surface area is 102 Å². The van der Waals surface area contributed by atoms with E-state index in [-0.39, 0.29) is 11.7 Å². The van der Waals surface area contributed by atoms with Crippen LogP contribution in [-0.4, -0.2) is 18.4 Å². The second kappa shape index (κ2) is 4.88. The van der Waals surface area contributed by atoms with Gasteiger partial charge in [-0.3, -0.25) is 4.79 Å². The summed E-state index contributed by atoms with van der Waals surface area (Å²) in [6, 6.07) is 5.29. The molecule has 0 spiro atoms. The molecule has 3 heteroatoms. The number of ketones is 1. The smallest absolute Gasteiger partial charge is 0.183 e. The van der Waals surface area contributed by atoms with Crippen molar-refractivity contribution in [3.8, 4) is 5.75 Å². The molecule has 17 heavy (non-hydrogen) atoms. The maximum atomic E-state index is 12.3. The largest absolute Gasteiger partial charge is 0.493 e. The van der Waals surface area contributed by atoms with Crippen molar-refractivity contribution < 1.29 is 9.53 Å². The van der Waals surface area contributed by atoms with Gasteiger partial charge >= 0.3 is 0 Å². The Morgan fingerprint density at radius 3 is 2.88 bits per heavy atom. The molecule has 0 amide bonds. The van der Waals surface area contributed by atoms with Crippen molar-refractivity contribution >= 4 is 5.78 Å². The molecule has 0 fully saturated rings. The van der Waals surface area contributed by atoms with E-state index in [1.807, 2.05) is 32.0 Å². The summed E-state index contributed by atoms with van der Waals surface area (Å²) >= 11 is 0. The first-order valence-corrected chi connectivity index (χ1v) is 6.15. The summed E-state index contributed by atoms with van der Waals surface area (Å²) in [6.07, 6.45) is 1.99. The Kier molecular flexibility index (Phi) is 3.48. The van der Waals surface area contributed by atoms with Gasteiger partial charge in [0.05, 0.1) is 18.2 Å². The molecule has 0 radical (unpaired) electrons. The number of carbonyl (C=O) groups is 1. The number of hydrogen-bond acceptors (Lipinski definition) is 3. The maximum Gasteiger partial charge on any atom is 0.183 e. The molecule has 3 nitrogen and oxygen atoms in total. The van der Waals surface area contributed by atoms with E-state index in [2.05, 4.69) is 0 Å². The van der Waals surface area contributed by atoms with Crippen LogP contribution in [0.3, 0.4) is 0 Å². The lowest BCUT2D eigenvalue weighted by Gasteiger charge is -2.22. The molecule has 0 aromatic heterocycles. The van der Waals surface area contributed by atoms with Crippen molar-refractivity contribution in [3.63, 3.8) is 0 Å². The minimum atomic E-state index is -0.452. The molecule has 2 N–H and O–H groups in total. The molecule has 1 aromatic rings. The first kappa shape index (κ1) is 12.1. The molecule has 0 bridgehead atoms. The summed E-state index contributed by atoms with van der Waals surface area (Å²) in [5.41, 5.74) is 7.69. The van der Waals surface area contributed by atoms with E-state index < -0.39 is 6.04 Å². The Morgan fingerprint density at radius 1 is 1.41 bits per heavy atom. The highest BCUT2D eigenvalue weighted by molar-refractivity contribution is 6.02. The molecule has 1 atom stereocenters. The van der Waals surface area contributed by atoms with Crippen molar-refractivity contribution in [2.24, 2.45) is 11.7 Å². The van der Waals surface area contributed by atoms with Crippen LogP contribution in [0.15, 0.2) is 18.2 Å². The Morgan fingerprint density at radius 2 is 2.18 bits per heavy atom. The summed E-state index contributed by atoms with van der Waals surface area (Å²) in [4.78, 5) is 12.3. The standard InChI is InChI=1S/C14H19NO2/c1-9(2)12(15)13(16)11-7-3-5-10-6-4-8-17-14(10)11/h3,5,7,9,12H,4,6,8,15H2,1-2H3. The number of carbonyl (C=O) groups excluding carboxylic acids is 1. The van der Waals surface area contributed by atoms with Gasteiger partial charge in [0, 0.05) is 0 Å². The topological polar surface area (TPSA) is 52.3 Å². The fraction of sp³-hybridized carbons (Fsp3) is 0.500. The van der Waals surface area contributed by atoms with Crippen LogP contribution in [0.25, 0.3) is 0 Å². The van der Waals surface area contributed by atoms with E-state index in [1.54, 1.807) is 0 Å². The Balaban J connectivity index is 2.35. The number of nitrogens with two attached hydrogens (primary N) is 1. The number of ether oxygens (including phenoxy) is 1. The lowest BCUT2D eigenvalue weighted by Crippen LogP contribution is -2.36. The number of fused-ring (bicyclic) bond motifs is 1. The molecule has 0 saturated carbocycles. The number of rotatable bonds is 3. The second-order valence-corrected chi connectivity index (χ2v) is 4.88. The van der Waals surface area contributed by atoms with Gasteiger partial charge in [0.15, 0.2) is 5.78 Å². The first-order chi connectivity index (χ1) is 8.11. The van der Waals surface area contributed by atoms with Crippen LogP contribution in [0.1, 0.15) is 36.2 Å². The van der Waals surface area contributed by atoms with Gasteiger partial charge in [0.1, 0.15) is 5.75 Å². The molecular weight excluding hydrogens is 214 g/mol. The van der Waals surface area contributed by atoms with Crippen molar-refractivity contribution in [2.45, 2.75) is 32.7 Å². The number of aryl methyl sites for hydroxylation is 1. The van der Waals surface area contributed by atoms with E-state index in [0.29, 0.717) is 12.2 Å². The van der Waals surface area contributed by atoms with E-state index in [4.69, 9.17) is 10.5 Å². The lowest BCUT2D eigenvalue weighted by atomic mass is 9.92. The van der Waals surface area contributed by atoms with Crippen molar-refractivity contribution in [1.82, 2.24) is 0 Å². The summed E-state index contributed by atoms with van der Waals surface area (Å²) < 4.78 is 5.63. The third-order valence-corrected chi connectivity index (χ3v) is 3.22. The normalized spacial score (nSPS) is 16.2. The molecule has 0 saturated heterocycles. The first-order valence-electron chi connectivity index (χ1n) is 6.15. The predicted octanol–water partition coefficient (Wildman–Crippen LogP) is 2.18. The van der Waals surface area contributed by atoms with Gasteiger partial charge in [-0.2, -0.15) is 0 Å². The fourth-order valence-electron chi connectivity index (χ4n) is 2.07. The van der Waals surface area contributed by atoms with Crippen LogP contribution in [-0.2, 0) is 6.42 Å². The Bertz CT molecular complexity index is 426. The summed E-state index contributed by atoms with van der Waals surface area (Å²) in [5, 5.41) is 0. The van der Waals surface area contributed by atoms with E-state index in [0.717, 1.165) is 24.2 Å². The highest BCUT2D eigenvalue weighted by Crippen LogP contribution is 2.30. The third-order valence-electron chi connectivity index (χ3n) is 3.22. The number of para-hydroxylation sites is 1. The SMILES string of the molecule is CC(C)C(N)C(=O)c1cccc2c1OCCC2. The molecular formula is C14H19NO2. The minimum Gasteiger partial charge on any atom is -0.493 e. The molecule has 1 aliphatic rings. The van der Waals surface area contributed by atoms with Crippen LogP contribution in [0.4, 0.5) is 0 Å². The van der Waals surface area contributed by atoms with Gasteiger partial charge in [0.25, 0.3) is 0 Å². The summed E-state index contributed by atoms with van der Waals surface area (Å²) in [5.74, 6) is 0.876. The Hall–Kier alpha value is -1.35. The quantitative estimate of drug-likeness (QED) is 0.814. The van der Waals surface area contributed by atoms with Gasteiger partial charge in [-0.25, -0.2) is 0 Å². The fourth-order valence-corrected chi connectivity index (χ4v) is 2.07. The molecule has 1 aromatic carbocycles. The van der Waals surface area contributed by atoms with Gasteiger partial charge < -0.3 is 10.5 Å².